The van der Waals surface area contributed by atoms with Gasteiger partial charge in [0, 0.05) is 44.0 Å². The molecule has 3 aromatic rings. The molecule has 0 saturated carbocycles. The zero-order valence-corrected chi connectivity index (χ0v) is 20.6. The summed E-state index contributed by atoms with van der Waals surface area (Å²) >= 11 is 5.74. The number of amides is 4. The van der Waals surface area contributed by atoms with Gasteiger partial charge in [-0.2, -0.15) is 4.98 Å². The third kappa shape index (κ3) is 7.35. The van der Waals surface area contributed by atoms with Crippen LogP contribution in [0, 0.1) is 0 Å². The summed E-state index contributed by atoms with van der Waals surface area (Å²) in [4.78, 5) is 62.9. The van der Waals surface area contributed by atoms with E-state index in [9.17, 15) is 19.2 Å². The third-order valence-electron chi connectivity index (χ3n) is 4.89. The first-order valence-corrected chi connectivity index (χ1v) is 11.1. The van der Waals surface area contributed by atoms with Crippen LogP contribution in [-0.4, -0.2) is 70.2 Å². The summed E-state index contributed by atoms with van der Waals surface area (Å²) in [7, 11) is 2.99. The number of pyridine rings is 1. The molecule has 4 amide bonds. The molecule has 0 aliphatic carbocycles. The second-order valence-corrected chi connectivity index (χ2v) is 8.33. The van der Waals surface area contributed by atoms with Crippen molar-refractivity contribution in [3.63, 3.8) is 0 Å². The van der Waals surface area contributed by atoms with Crippen LogP contribution in [0.25, 0.3) is 11.3 Å². The minimum absolute atomic E-state index is 0.0158. The van der Waals surface area contributed by atoms with E-state index < -0.39 is 29.7 Å². The molecule has 0 aliphatic rings. The molecule has 13 nitrogen and oxygen atoms in total. The van der Waals surface area contributed by atoms with E-state index in [-0.39, 0.29) is 29.7 Å². The lowest BCUT2D eigenvalue weighted by Gasteiger charge is -2.22. The third-order valence-corrected chi connectivity index (χ3v) is 5.12. The average Bonchev–Trinajstić information content (AvgIpc) is 2.86. The fourth-order valence-corrected chi connectivity index (χ4v) is 3.19. The maximum atomic E-state index is 12.8. The predicted molar refractivity (Wildman–Crippen MR) is 137 cm³/mol. The number of carbonyl (C=O) groups is 4. The highest BCUT2D eigenvalue weighted by atomic mass is 35.5. The zero-order chi connectivity index (χ0) is 27.1. The molecule has 7 N–H and O–H groups in total. The van der Waals surface area contributed by atoms with E-state index in [2.05, 4.69) is 30.9 Å². The summed E-state index contributed by atoms with van der Waals surface area (Å²) in [6, 6.07) is 9.64. The van der Waals surface area contributed by atoms with Gasteiger partial charge < -0.3 is 32.3 Å². The molecule has 0 bridgehead atoms. The topological polar surface area (TPSA) is 198 Å². The number of halogens is 1. The highest BCUT2D eigenvalue weighted by Gasteiger charge is 2.25. The molecule has 0 radical (unpaired) electrons. The standard InChI is InChI=1S/C23H24ClN9O4/c1-33(2)22(37)16(11-28-20(35)21(36)32-18-8-7-14(24)10-27-18)29-19(34)13-5-3-12(4-6-13)15-9-17(25)31-23(26)30-15/h3-10,16H,11H2,1-2H3,(H,28,35)(H,29,34)(H,27,32,36)(H4,25,26,30,31). The second-order valence-electron chi connectivity index (χ2n) is 7.90. The number of benzene rings is 1. The maximum absolute atomic E-state index is 12.8. The van der Waals surface area contributed by atoms with Crippen molar-refractivity contribution in [3.05, 3.63) is 59.2 Å². The molecule has 1 atom stereocenters. The Bertz CT molecular complexity index is 1290. The van der Waals surface area contributed by atoms with Crippen LogP contribution < -0.4 is 27.4 Å². The van der Waals surface area contributed by atoms with E-state index in [1.54, 1.807) is 18.2 Å². The van der Waals surface area contributed by atoms with E-state index in [0.29, 0.717) is 16.3 Å². The maximum Gasteiger partial charge on any atom is 0.314 e. The van der Waals surface area contributed by atoms with Crippen molar-refractivity contribution in [3.8, 4) is 11.3 Å². The van der Waals surface area contributed by atoms with Crippen LogP contribution in [-0.2, 0) is 14.4 Å². The van der Waals surface area contributed by atoms with Gasteiger partial charge in [-0.1, -0.05) is 23.7 Å². The number of aromatic nitrogens is 3. The van der Waals surface area contributed by atoms with Gasteiger partial charge in [0.05, 0.1) is 10.7 Å². The zero-order valence-electron chi connectivity index (χ0n) is 19.9. The van der Waals surface area contributed by atoms with Crippen molar-refractivity contribution in [2.24, 2.45) is 0 Å². The normalized spacial score (nSPS) is 11.2. The van der Waals surface area contributed by atoms with Gasteiger partial charge in [-0.15, -0.1) is 0 Å². The van der Waals surface area contributed by atoms with Gasteiger partial charge in [0.15, 0.2) is 0 Å². The van der Waals surface area contributed by atoms with Crippen molar-refractivity contribution in [1.82, 2.24) is 30.5 Å². The predicted octanol–water partition coefficient (Wildman–Crippen LogP) is 0.298. The lowest BCUT2D eigenvalue weighted by atomic mass is 10.1. The second kappa shape index (κ2) is 11.8. The van der Waals surface area contributed by atoms with E-state index >= 15 is 0 Å². The molecule has 1 aromatic carbocycles. The molecular formula is C23H24ClN9O4. The van der Waals surface area contributed by atoms with Crippen molar-refractivity contribution < 1.29 is 19.2 Å². The van der Waals surface area contributed by atoms with Gasteiger partial charge in [-0.3, -0.25) is 19.2 Å². The molecule has 14 heteroatoms. The molecule has 192 valence electrons. The highest BCUT2D eigenvalue weighted by Crippen LogP contribution is 2.20. The Labute approximate surface area is 216 Å². The number of rotatable bonds is 7. The van der Waals surface area contributed by atoms with Crippen LogP contribution in [0.4, 0.5) is 17.6 Å². The smallest absolute Gasteiger partial charge is 0.314 e. The van der Waals surface area contributed by atoms with Gasteiger partial charge >= 0.3 is 11.8 Å². The molecule has 3 rings (SSSR count). The number of nitrogens with zero attached hydrogens (tertiary/aromatic N) is 4. The largest absolute Gasteiger partial charge is 0.384 e. The first-order chi connectivity index (χ1) is 17.5. The molecule has 0 fully saturated rings. The quantitative estimate of drug-likeness (QED) is 0.269. The summed E-state index contributed by atoms with van der Waals surface area (Å²) in [6.45, 7) is -0.333. The number of hydrogen-bond donors (Lipinski definition) is 5. The molecule has 2 heterocycles. The number of nitrogen functional groups attached to an aromatic ring is 2. The monoisotopic (exact) mass is 525 g/mol. The van der Waals surface area contributed by atoms with Crippen LogP contribution in [0.5, 0.6) is 0 Å². The van der Waals surface area contributed by atoms with Crippen LogP contribution >= 0.6 is 11.6 Å². The molecule has 2 aromatic heterocycles. The number of anilines is 3. The summed E-state index contributed by atoms with van der Waals surface area (Å²) in [6.07, 6.45) is 1.31. The van der Waals surface area contributed by atoms with Gasteiger partial charge in [0.2, 0.25) is 11.9 Å². The summed E-state index contributed by atoms with van der Waals surface area (Å²) in [5, 5.41) is 7.59. The SMILES string of the molecule is CN(C)C(=O)C(CNC(=O)C(=O)Nc1ccc(Cl)cn1)NC(=O)c1ccc(-c2cc(N)nc(N)n2)cc1. The van der Waals surface area contributed by atoms with Gasteiger partial charge in [0.25, 0.3) is 5.91 Å². The summed E-state index contributed by atoms with van der Waals surface area (Å²) in [5.41, 5.74) is 12.7. The van der Waals surface area contributed by atoms with Crippen molar-refractivity contribution in [2.45, 2.75) is 6.04 Å². The molecule has 1 unspecified atom stereocenters. The number of nitrogens with one attached hydrogen (secondary N) is 3. The van der Waals surface area contributed by atoms with Crippen molar-refractivity contribution in [1.29, 1.82) is 0 Å². The Morgan fingerprint density at radius 3 is 2.30 bits per heavy atom. The Morgan fingerprint density at radius 1 is 1.00 bits per heavy atom. The first-order valence-electron chi connectivity index (χ1n) is 10.8. The van der Waals surface area contributed by atoms with Crippen LogP contribution in [0.2, 0.25) is 5.02 Å². The van der Waals surface area contributed by atoms with Crippen LogP contribution in [0.1, 0.15) is 10.4 Å². The Hall–Kier alpha value is -4.78. The number of carbonyl (C=O) groups excluding carboxylic acids is 4. The Morgan fingerprint density at radius 2 is 1.70 bits per heavy atom. The van der Waals surface area contributed by atoms with Crippen LogP contribution in [0.15, 0.2) is 48.7 Å². The number of nitrogens with two attached hydrogens (primary N) is 2. The molecular weight excluding hydrogens is 502 g/mol. The van der Waals surface area contributed by atoms with Gasteiger partial charge in [-0.05, 0) is 24.3 Å². The van der Waals surface area contributed by atoms with E-state index in [1.165, 1.54) is 49.5 Å². The first kappa shape index (κ1) is 26.8. The lowest BCUT2D eigenvalue weighted by Crippen LogP contribution is -2.53. The molecule has 37 heavy (non-hydrogen) atoms. The van der Waals surface area contributed by atoms with E-state index in [4.69, 9.17) is 23.1 Å². The number of hydrogen-bond acceptors (Lipinski definition) is 9. The number of likely N-dealkylation sites (N-methyl/N-ethyl adjacent to an activating group) is 1. The van der Waals surface area contributed by atoms with E-state index in [0.717, 1.165) is 0 Å². The van der Waals surface area contributed by atoms with Crippen molar-refractivity contribution >= 4 is 52.8 Å². The molecule has 0 spiro atoms. The molecule has 0 saturated heterocycles. The average molecular weight is 526 g/mol. The summed E-state index contributed by atoms with van der Waals surface area (Å²) < 4.78 is 0. The van der Waals surface area contributed by atoms with Crippen LogP contribution in [0.3, 0.4) is 0 Å². The van der Waals surface area contributed by atoms with Gasteiger partial charge in [-0.25, -0.2) is 9.97 Å². The van der Waals surface area contributed by atoms with E-state index in [1.807, 2.05) is 0 Å². The molecule has 0 aliphatic heterocycles. The Balaban J connectivity index is 1.65. The fourth-order valence-electron chi connectivity index (χ4n) is 3.08. The minimum Gasteiger partial charge on any atom is -0.384 e. The highest BCUT2D eigenvalue weighted by molar-refractivity contribution is 6.39. The summed E-state index contributed by atoms with van der Waals surface area (Å²) in [5.74, 6) is -2.74. The Kier molecular flexibility index (Phi) is 8.53. The van der Waals surface area contributed by atoms with Crippen molar-refractivity contribution in [2.75, 3.05) is 37.4 Å². The van der Waals surface area contributed by atoms with Gasteiger partial charge in [0.1, 0.15) is 17.7 Å². The lowest BCUT2D eigenvalue weighted by molar-refractivity contribution is -0.136. The minimum atomic E-state index is -1.14. The fraction of sp³-hybridized carbons (Fsp3) is 0.174.